The van der Waals surface area contributed by atoms with Gasteiger partial charge in [-0.1, -0.05) is 29.8 Å². The van der Waals surface area contributed by atoms with Gasteiger partial charge < -0.3 is 10.1 Å². The van der Waals surface area contributed by atoms with Crippen molar-refractivity contribution in [1.29, 1.82) is 0 Å². The van der Waals surface area contributed by atoms with E-state index in [1.807, 2.05) is 32.7 Å². The zero-order valence-electron chi connectivity index (χ0n) is 15.3. The van der Waals surface area contributed by atoms with Crippen molar-refractivity contribution >= 4 is 28.2 Å². The second kappa shape index (κ2) is 8.27. The Kier molecular flexibility index (Phi) is 6.33. The van der Waals surface area contributed by atoms with Gasteiger partial charge in [0.15, 0.2) is 0 Å². The zero-order chi connectivity index (χ0) is 18.6. The zero-order valence-corrected chi connectivity index (χ0v) is 16.1. The van der Waals surface area contributed by atoms with E-state index in [9.17, 15) is 9.59 Å². The summed E-state index contributed by atoms with van der Waals surface area (Å²) in [6, 6.07) is 8.24. The Labute approximate surface area is 152 Å². The molecule has 0 spiro atoms. The van der Waals surface area contributed by atoms with Gasteiger partial charge in [0.05, 0.1) is 19.2 Å². The molecule has 0 atom stereocenters. The summed E-state index contributed by atoms with van der Waals surface area (Å²) in [6.45, 7) is 6.75. The average Bonchev–Trinajstić information content (AvgIpc) is 2.82. The summed E-state index contributed by atoms with van der Waals surface area (Å²) in [5, 5.41) is 3.40. The van der Waals surface area contributed by atoms with Gasteiger partial charge in [-0.3, -0.25) is 9.69 Å². The number of methoxy groups -OCH3 is 1. The highest BCUT2D eigenvalue weighted by Gasteiger charge is 2.21. The van der Waals surface area contributed by atoms with Gasteiger partial charge in [-0.15, -0.1) is 11.3 Å². The lowest BCUT2D eigenvalue weighted by molar-refractivity contribution is -0.117. The van der Waals surface area contributed by atoms with Crippen LogP contribution >= 0.6 is 11.3 Å². The van der Waals surface area contributed by atoms with Crippen LogP contribution in [0.25, 0.3) is 0 Å². The molecule has 1 N–H and O–H groups in total. The molecule has 0 unspecified atom stereocenters. The third-order valence-corrected chi connectivity index (χ3v) is 5.14. The van der Waals surface area contributed by atoms with E-state index >= 15 is 0 Å². The predicted octanol–water partition coefficient (Wildman–Crippen LogP) is 3.53. The van der Waals surface area contributed by atoms with Gasteiger partial charge in [0.2, 0.25) is 5.91 Å². The van der Waals surface area contributed by atoms with Crippen molar-refractivity contribution in [3.8, 4) is 0 Å². The molecule has 0 aliphatic carbocycles. The minimum absolute atomic E-state index is 0.152. The minimum Gasteiger partial charge on any atom is -0.465 e. The van der Waals surface area contributed by atoms with E-state index in [2.05, 4.69) is 29.6 Å². The molecule has 1 aromatic carbocycles. The second-order valence-corrected chi connectivity index (χ2v) is 7.41. The van der Waals surface area contributed by atoms with Gasteiger partial charge in [-0.05, 0) is 38.9 Å². The van der Waals surface area contributed by atoms with Crippen LogP contribution in [-0.4, -0.2) is 37.5 Å². The van der Waals surface area contributed by atoms with E-state index in [4.69, 9.17) is 4.74 Å². The van der Waals surface area contributed by atoms with Gasteiger partial charge in [0.1, 0.15) is 5.00 Å². The van der Waals surface area contributed by atoms with E-state index in [0.717, 1.165) is 16.0 Å². The molecule has 25 heavy (non-hydrogen) atoms. The Morgan fingerprint density at radius 2 is 1.80 bits per heavy atom. The molecule has 0 saturated carbocycles. The third kappa shape index (κ3) is 4.90. The van der Waals surface area contributed by atoms with Crippen LogP contribution in [0.15, 0.2) is 24.3 Å². The van der Waals surface area contributed by atoms with Gasteiger partial charge in [-0.25, -0.2) is 4.79 Å². The van der Waals surface area contributed by atoms with Crippen molar-refractivity contribution in [2.24, 2.45) is 0 Å². The monoisotopic (exact) mass is 360 g/mol. The Bertz CT molecular complexity index is 766. The quantitative estimate of drug-likeness (QED) is 0.801. The normalized spacial score (nSPS) is 10.8. The summed E-state index contributed by atoms with van der Waals surface area (Å²) < 4.78 is 4.83. The molecule has 2 aromatic rings. The predicted molar refractivity (Wildman–Crippen MR) is 101 cm³/mol. The maximum atomic E-state index is 12.4. The number of aryl methyl sites for hydroxylation is 2. The summed E-state index contributed by atoms with van der Waals surface area (Å²) in [5.74, 6) is -0.578. The fourth-order valence-corrected chi connectivity index (χ4v) is 3.60. The molecule has 1 aromatic heterocycles. The molecule has 0 fully saturated rings. The molecule has 0 aliphatic rings. The smallest absolute Gasteiger partial charge is 0.341 e. The SMILES string of the molecule is COC(=O)c1c(NC(=O)CN(C)Cc2ccc(C)cc2)sc(C)c1C. The Morgan fingerprint density at radius 3 is 2.40 bits per heavy atom. The van der Waals surface area contributed by atoms with Crippen LogP contribution in [0, 0.1) is 20.8 Å². The molecule has 1 heterocycles. The van der Waals surface area contributed by atoms with E-state index < -0.39 is 5.97 Å². The van der Waals surface area contributed by atoms with Crippen molar-refractivity contribution in [1.82, 2.24) is 4.90 Å². The van der Waals surface area contributed by atoms with Crippen LogP contribution < -0.4 is 5.32 Å². The highest BCUT2D eigenvalue weighted by molar-refractivity contribution is 7.16. The van der Waals surface area contributed by atoms with Gasteiger partial charge >= 0.3 is 5.97 Å². The van der Waals surface area contributed by atoms with E-state index in [1.165, 1.54) is 24.0 Å². The molecular formula is C19H24N2O3S. The molecule has 0 saturated heterocycles. The standard InChI is InChI=1S/C19H24N2O3S/c1-12-6-8-15(9-7-12)10-21(4)11-16(22)20-18-17(19(23)24-5)13(2)14(3)25-18/h6-9H,10-11H2,1-5H3,(H,20,22). The van der Waals surface area contributed by atoms with Gasteiger partial charge in [-0.2, -0.15) is 0 Å². The number of hydrogen-bond donors (Lipinski definition) is 1. The summed E-state index contributed by atoms with van der Waals surface area (Å²) in [7, 11) is 3.24. The number of thiophene rings is 1. The van der Waals surface area contributed by atoms with Crippen molar-refractivity contribution in [3.63, 3.8) is 0 Å². The molecular weight excluding hydrogens is 336 g/mol. The Morgan fingerprint density at radius 1 is 1.16 bits per heavy atom. The number of amides is 1. The number of anilines is 1. The van der Waals surface area contributed by atoms with Crippen molar-refractivity contribution < 1.29 is 14.3 Å². The van der Waals surface area contributed by atoms with Crippen LogP contribution in [-0.2, 0) is 16.1 Å². The average molecular weight is 360 g/mol. The Balaban J connectivity index is 2.01. The van der Waals surface area contributed by atoms with E-state index in [1.54, 1.807) is 0 Å². The van der Waals surface area contributed by atoms with Crippen LogP contribution in [0.4, 0.5) is 5.00 Å². The first-order valence-corrected chi connectivity index (χ1v) is 8.85. The molecule has 2 rings (SSSR count). The Hall–Kier alpha value is -2.18. The summed E-state index contributed by atoms with van der Waals surface area (Å²) in [4.78, 5) is 27.2. The number of carbonyl (C=O) groups is 2. The van der Waals surface area contributed by atoms with Gasteiger partial charge in [0.25, 0.3) is 0 Å². The molecule has 0 radical (unpaired) electrons. The number of rotatable bonds is 6. The lowest BCUT2D eigenvalue weighted by Crippen LogP contribution is -2.30. The summed E-state index contributed by atoms with van der Waals surface area (Å²) in [5.41, 5.74) is 3.65. The van der Waals surface area contributed by atoms with Crippen molar-refractivity contribution in [2.75, 3.05) is 26.0 Å². The van der Waals surface area contributed by atoms with E-state index in [0.29, 0.717) is 17.1 Å². The molecule has 0 bridgehead atoms. The highest BCUT2D eigenvalue weighted by Crippen LogP contribution is 2.32. The number of nitrogens with one attached hydrogen (secondary N) is 1. The second-order valence-electron chi connectivity index (χ2n) is 6.19. The number of ether oxygens (including phenoxy) is 1. The van der Waals surface area contributed by atoms with Crippen LogP contribution in [0.1, 0.15) is 31.9 Å². The van der Waals surface area contributed by atoms with Crippen LogP contribution in [0.3, 0.4) is 0 Å². The molecule has 5 nitrogen and oxygen atoms in total. The molecule has 1 amide bonds. The first-order valence-electron chi connectivity index (χ1n) is 8.04. The number of nitrogens with zero attached hydrogens (tertiary/aromatic N) is 1. The van der Waals surface area contributed by atoms with Gasteiger partial charge in [0, 0.05) is 11.4 Å². The summed E-state index contributed by atoms with van der Waals surface area (Å²) in [6.07, 6.45) is 0. The first-order chi connectivity index (χ1) is 11.8. The maximum absolute atomic E-state index is 12.4. The summed E-state index contributed by atoms with van der Waals surface area (Å²) >= 11 is 1.39. The molecule has 0 aliphatic heterocycles. The van der Waals surface area contributed by atoms with Crippen molar-refractivity contribution in [3.05, 3.63) is 51.4 Å². The number of likely N-dealkylation sites (N-methyl/N-ethyl adjacent to an activating group) is 1. The lowest BCUT2D eigenvalue weighted by atomic mass is 10.1. The lowest BCUT2D eigenvalue weighted by Gasteiger charge is -2.16. The van der Waals surface area contributed by atoms with E-state index in [-0.39, 0.29) is 12.5 Å². The number of esters is 1. The largest absolute Gasteiger partial charge is 0.465 e. The highest BCUT2D eigenvalue weighted by atomic mass is 32.1. The minimum atomic E-state index is -0.426. The number of hydrogen-bond acceptors (Lipinski definition) is 5. The fourth-order valence-electron chi connectivity index (χ4n) is 2.54. The molecule has 134 valence electrons. The van der Waals surface area contributed by atoms with Crippen molar-refractivity contribution in [2.45, 2.75) is 27.3 Å². The fraction of sp³-hybridized carbons (Fsp3) is 0.368. The topological polar surface area (TPSA) is 58.6 Å². The number of carbonyl (C=O) groups excluding carboxylic acids is 2. The molecule has 6 heteroatoms. The third-order valence-electron chi connectivity index (χ3n) is 4.01. The maximum Gasteiger partial charge on any atom is 0.341 e. The number of benzene rings is 1. The van der Waals surface area contributed by atoms with Crippen LogP contribution in [0.2, 0.25) is 0 Å². The van der Waals surface area contributed by atoms with Crippen LogP contribution in [0.5, 0.6) is 0 Å². The first kappa shape index (κ1) is 19.1.